The van der Waals surface area contributed by atoms with Crippen LogP contribution in [0.15, 0.2) is 48.2 Å². The fourth-order valence-corrected chi connectivity index (χ4v) is 1.18. The number of rotatable bonds is 0. The molecule has 1 heterocycles. The summed E-state index contributed by atoms with van der Waals surface area (Å²) in [5, 5.41) is 3.22. The molecule has 0 aromatic carbocycles. The van der Waals surface area contributed by atoms with Gasteiger partial charge in [0.25, 0.3) is 0 Å². The van der Waals surface area contributed by atoms with E-state index in [1.165, 1.54) is 5.57 Å². The minimum atomic E-state index is 0.412. The highest BCUT2D eigenvalue weighted by molar-refractivity contribution is 5.40. The molecule has 0 saturated carbocycles. The van der Waals surface area contributed by atoms with Crippen LogP contribution in [0.1, 0.15) is 0 Å². The first-order valence-corrected chi connectivity index (χ1v) is 3.44. The van der Waals surface area contributed by atoms with Gasteiger partial charge < -0.3 is 5.32 Å². The monoisotopic (exact) mass is 131 g/mol. The molecule has 0 spiro atoms. The summed E-state index contributed by atoms with van der Waals surface area (Å²) in [5.74, 6) is 0. The van der Waals surface area contributed by atoms with E-state index in [9.17, 15) is 0 Å². The first kappa shape index (κ1) is 5.54. The molecule has 1 unspecified atom stereocenters. The van der Waals surface area contributed by atoms with E-state index in [-0.39, 0.29) is 0 Å². The topological polar surface area (TPSA) is 12.0 Å². The summed E-state index contributed by atoms with van der Waals surface area (Å²) in [6, 6.07) is 0.412. The van der Waals surface area contributed by atoms with Crippen molar-refractivity contribution in [1.29, 1.82) is 0 Å². The Balaban J connectivity index is 2.36. The Kier molecular flexibility index (Phi) is 1.21. The molecule has 0 aromatic rings. The molecule has 0 radical (unpaired) electrons. The Hall–Kier alpha value is -1.24. The van der Waals surface area contributed by atoms with Crippen molar-refractivity contribution in [1.82, 2.24) is 5.32 Å². The zero-order chi connectivity index (χ0) is 6.81. The van der Waals surface area contributed by atoms with Gasteiger partial charge in [-0.3, -0.25) is 0 Å². The SMILES string of the molecule is C1=CC=C2C=CNC2C=C1. The second kappa shape index (κ2) is 2.18. The van der Waals surface area contributed by atoms with Gasteiger partial charge in [0, 0.05) is 0 Å². The van der Waals surface area contributed by atoms with Gasteiger partial charge in [0.15, 0.2) is 0 Å². The standard InChI is InChI=1S/C9H9N/c1-2-4-8-6-7-10-9(8)5-3-1/h1-7,9-10H. The van der Waals surface area contributed by atoms with Gasteiger partial charge in [-0.2, -0.15) is 0 Å². The summed E-state index contributed by atoms with van der Waals surface area (Å²) in [4.78, 5) is 0. The second-order valence-electron chi connectivity index (χ2n) is 2.41. The van der Waals surface area contributed by atoms with Gasteiger partial charge in [-0.05, 0) is 17.8 Å². The fraction of sp³-hybridized carbons (Fsp3) is 0.111. The lowest BCUT2D eigenvalue weighted by molar-refractivity contribution is 0.851. The Morgan fingerprint density at radius 3 is 3.20 bits per heavy atom. The van der Waals surface area contributed by atoms with Crippen LogP contribution in [0.3, 0.4) is 0 Å². The Morgan fingerprint density at radius 1 is 1.20 bits per heavy atom. The van der Waals surface area contributed by atoms with E-state index in [2.05, 4.69) is 35.7 Å². The molecule has 0 fully saturated rings. The van der Waals surface area contributed by atoms with Crippen molar-refractivity contribution in [3.05, 3.63) is 48.2 Å². The van der Waals surface area contributed by atoms with E-state index in [0.29, 0.717) is 6.04 Å². The van der Waals surface area contributed by atoms with Crippen molar-refractivity contribution in [3.63, 3.8) is 0 Å². The van der Waals surface area contributed by atoms with Gasteiger partial charge in [-0.1, -0.05) is 30.4 Å². The van der Waals surface area contributed by atoms with Crippen LogP contribution in [0.4, 0.5) is 0 Å². The maximum Gasteiger partial charge on any atom is 0.0696 e. The minimum Gasteiger partial charge on any atom is -0.381 e. The van der Waals surface area contributed by atoms with Crippen LogP contribution in [0, 0.1) is 0 Å². The van der Waals surface area contributed by atoms with Gasteiger partial charge in [-0.25, -0.2) is 0 Å². The molecule has 1 heteroatoms. The van der Waals surface area contributed by atoms with Gasteiger partial charge in [0.1, 0.15) is 0 Å². The molecular formula is C9H9N. The van der Waals surface area contributed by atoms with E-state index >= 15 is 0 Å². The first-order valence-electron chi connectivity index (χ1n) is 3.44. The molecule has 1 atom stereocenters. The summed E-state index contributed by atoms with van der Waals surface area (Å²) in [5.41, 5.74) is 1.34. The third-order valence-electron chi connectivity index (χ3n) is 1.73. The highest BCUT2D eigenvalue weighted by Gasteiger charge is 2.10. The lowest BCUT2D eigenvalue weighted by Crippen LogP contribution is -2.17. The number of nitrogens with one attached hydrogen (secondary N) is 1. The summed E-state index contributed by atoms with van der Waals surface area (Å²) in [7, 11) is 0. The van der Waals surface area contributed by atoms with Crippen molar-refractivity contribution >= 4 is 0 Å². The van der Waals surface area contributed by atoms with E-state index < -0.39 is 0 Å². The average molecular weight is 131 g/mol. The zero-order valence-electron chi connectivity index (χ0n) is 5.62. The van der Waals surface area contributed by atoms with Gasteiger partial charge in [-0.15, -0.1) is 0 Å². The van der Waals surface area contributed by atoms with Gasteiger partial charge in [0.2, 0.25) is 0 Å². The van der Waals surface area contributed by atoms with Crippen LogP contribution >= 0.6 is 0 Å². The lowest BCUT2D eigenvalue weighted by atomic mass is 10.1. The molecule has 2 rings (SSSR count). The highest BCUT2D eigenvalue weighted by Crippen LogP contribution is 2.13. The maximum absolute atomic E-state index is 3.22. The number of hydrogen-bond donors (Lipinski definition) is 1. The van der Waals surface area contributed by atoms with Crippen LogP contribution in [-0.2, 0) is 0 Å². The molecule has 0 aromatic heterocycles. The predicted molar refractivity (Wildman–Crippen MR) is 42.4 cm³/mol. The molecular weight excluding hydrogens is 122 g/mol. The van der Waals surface area contributed by atoms with Crippen LogP contribution in [0.2, 0.25) is 0 Å². The van der Waals surface area contributed by atoms with Gasteiger partial charge >= 0.3 is 0 Å². The largest absolute Gasteiger partial charge is 0.381 e. The third-order valence-corrected chi connectivity index (χ3v) is 1.73. The molecule has 50 valence electrons. The minimum absolute atomic E-state index is 0.412. The molecule has 0 saturated heterocycles. The Morgan fingerprint density at radius 2 is 2.20 bits per heavy atom. The van der Waals surface area contributed by atoms with E-state index in [0.717, 1.165) is 0 Å². The summed E-state index contributed by atoms with van der Waals surface area (Å²) < 4.78 is 0. The lowest BCUT2D eigenvalue weighted by Gasteiger charge is -2.04. The fourth-order valence-electron chi connectivity index (χ4n) is 1.18. The molecule has 1 N–H and O–H groups in total. The van der Waals surface area contributed by atoms with E-state index in [1.54, 1.807) is 0 Å². The van der Waals surface area contributed by atoms with Crippen molar-refractivity contribution < 1.29 is 0 Å². The third kappa shape index (κ3) is 0.798. The molecule has 1 nitrogen and oxygen atoms in total. The summed E-state index contributed by atoms with van der Waals surface area (Å²) >= 11 is 0. The molecule has 10 heavy (non-hydrogen) atoms. The van der Waals surface area contributed by atoms with Crippen molar-refractivity contribution in [2.75, 3.05) is 0 Å². The Labute approximate surface area is 60.4 Å². The zero-order valence-corrected chi connectivity index (χ0v) is 5.62. The summed E-state index contributed by atoms with van der Waals surface area (Å²) in [6.07, 6.45) is 14.5. The van der Waals surface area contributed by atoms with E-state index in [4.69, 9.17) is 0 Å². The Bertz CT molecular complexity index is 243. The average Bonchev–Trinajstić information content (AvgIpc) is 2.28. The normalized spacial score (nSPS) is 27.2. The molecule has 0 bridgehead atoms. The highest BCUT2D eigenvalue weighted by atomic mass is 14.9. The maximum atomic E-state index is 3.22. The van der Waals surface area contributed by atoms with Crippen LogP contribution in [0.5, 0.6) is 0 Å². The number of fused-ring (bicyclic) bond motifs is 1. The second-order valence-corrected chi connectivity index (χ2v) is 2.41. The first-order chi connectivity index (χ1) is 4.97. The number of allylic oxidation sites excluding steroid dienone is 4. The van der Waals surface area contributed by atoms with Crippen LogP contribution in [-0.4, -0.2) is 6.04 Å². The van der Waals surface area contributed by atoms with Crippen molar-refractivity contribution in [2.24, 2.45) is 0 Å². The van der Waals surface area contributed by atoms with E-state index in [1.807, 2.05) is 12.3 Å². The quantitative estimate of drug-likeness (QED) is 0.525. The van der Waals surface area contributed by atoms with Crippen LogP contribution < -0.4 is 5.32 Å². The molecule has 0 amide bonds. The summed E-state index contributed by atoms with van der Waals surface area (Å²) in [6.45, 7) is 0. The predicted octanol–water partition coefficient (Wildman–Crippen LogP) is 1.52. The molecule has 1 aliphatic heterocycles. The van der Waals surface area contributed by atoms with Gasteiger partial charge in [0.05, 0.1) is 6.04 Å². The smallest absolute Gasteiger partial charge is 0.0696 e. The molecule has 1 aliphatic carbocycles. The van der Waals surface area contributed by atoms with Crippen molar-refractivity contribution in [2.45, 2.75) is 6.04 Å². The van der Waals surface area contributed by atoms with Crippen molar-refractivity contribution in [3.8, 4) is 0 Å². The number of hydrogen-bond acceptors (Lipinski definition) is 1. The van der Waals surface area contributed by atoms with Crippen LogP contribution in [0.25, 0.3) is 0 Å². The molecule has 2 aliphatic rings.